The predicted octanol–water partition coefficient (Wildman–Crippen LogP) is 6.57. The minimum atomic E-state index is -0.172. The number of nitrogens with one attached hydrogen (secondary N) is 1. The quantitative estimate of drug-likeness (QED) is 0.447. The smallest absolute Gasteiger partial charge is 0.252 e. The second kappa shape index (κ2) is 9.70. The van der Waals surface area contributed by atoms with Gasteiger partial charge in [0.25, 0.3) is 5.91 Å². The first kappa shape index (κ1) is 19.6. The van der Waals surface area contributed by atoms with Gasteiger partial charge in [0, 0.05) is 5.56 Å². The lowest BCUT2D eigenvalue weighted by Gasteiger charge is -2.22. The van der Waals surface area contributed by atoms with Gasteiger partial charge >= 0.3 is 0 Å². The van der Waals surface area contributed by atoms with Gasteiger partial charge in [0.15, 0.2) is 0 Å². The highest BCUT2D eigenvalue weighted by atomic mass is 16.1. The van der Waals surface area contributed by atoms with Crippen molar-refractivity contribution in [2.75, 3.05) is 0 Å². The number of benzene rings is 3. The van der Waals surface area contributed by atoms with Crippen molar-refractivity contribution in [1.82, 2.24) is 5.32 Å². The molecule has 1 amide bonds. The summed E-state index contributed by atoms with van der Waals surface area (Å²) in [7, 11) is 0. The fraction of sp³-hybridized carbons (Fsp3) is 0.192. The standard InChI is InChI=1S/C26H27NO/c1-3-4-11-20(2)25(23-14-9-6-10-15-23)27-26(28)24-18-16-22(17-19-24)21-12-7-5-8-13-21/h5-10,12-19,25H,2-4,11H2,1H3,(H,27,28)/t25-/m1/s1. The van der Waals surface area contributed by atoms with Gasteiger partial charge in [0.2, 0.25) is 0 Å². The molecule has 3 rings (SSSR count). The van der Waals surface area contributed by atoms with Crippen molar-refractivity contribution in [2.24, 2.45) is 0 Å². The molecule has 0 saturated carbocycles. The van der Waals surface area contributed by atoms with Crippen molar-refractivity contribution in [3.05, 3.63) is 108 Å². The lowest BCUT2D eigenvalue weighted by molar-refractivity contribution is 0.0942. The third kappa shape index (κ3) is 4.98. The second-order valence-corrected chi connectivity index (χ2v) is 7.02. The Kier molecular flexibility index (Phi) is 6.80. The first-order valence-electron chi connectivity index (χ1n) is 9.88. The van der Waals surface area contributed by atoms with Crippen molar-refractivity contribution < 1.29 is 4.79 Å². The fourth-order valence-corrected chi connectivity index (χ4v) is 3.27. The number of amides is 1. The molecule has 0 fully saturated rings. The molecule has 0 bridgehead atoms. The van der Waals surface area contributed by atoms with Gasteiger partial charge < -0.3 is 5.32 Å². The topological polar surface area (TPSA) is 29.1 Å². The molecule has 0 aliphatic heterocycles. The summed E-state index contributed by atoms with van der Waals surface area (Å²) in [5.41, 5.74) is 5.01. The number of rotatable bonds is 8. The van der Waals surface area contributed by atoms with Gasteiger partial charge in [-0.05, 0) is 41.7 Å². The molecule has 0 radical (unpaired) electrons. The highest BCUT2D eigenvalue weighted by Crippen LogP contribution is 2.25. The number of hydrogen-bond donors (Lipinski definition) is 1. The molecule has 3 aromatic rings. The Morgan fingerprint density at radius 1 is 0.857 bits per heavy atom. The Balaban J connectivity index is 1.77. The van der Waals surface area contributed by atoms with E-state index < -0.39 is 0 Å². The number of unbranched alkanes of at least 4 members (excludes halogenated alkanes) is 1. The fourth-order valence-electron chi connectivity index (χ4n) is 3.27. The first-order valence-corrected chi connectivity index (χ1v) is 9.88. The SMILES string of the molecule is C=C(CCCC)[C@@H](NC(=O)c1ccc(-c2ccccc2)cc1)c1ccccc1. The Morgan fingerprint density at radius 3 is 2.04 bits per heavy atom. The Labute approximate surface area is 167 Å². The summed E-state index contributed by atoms with van der Waals surface area (Å²) in [6.45, 7) is 6.42. The van der Waals surface area contributed by atoms with Gasteiger partial charge in [0.05, 0.1) is 6.04 Å². The number of carbonyl (C=O) groups is 1. The van der Waals surface area contributed by atoms with Crippen molar-refractivity contribution >= 4 is 5.91 Å². The summed E-state index contributed by atoms with van der Waals surface area (Å²) in [4.78, 5) is 12.9. The van der Waals surface area contributed by atoms with Crippen LogP contribution < -0.4 is 5.32 Å². The molecule has 0 heterocycles. The average molecular weight is 370 g/mol. The van der Waals surface area contributed by atoms with E-state index in [0.717, 1.165) is 41.5 Å². The summed E-state index contributed by atoms with van der Waals surface area (Å²) in [5, 5.41) is 3.18. The van der Waals surface area contributed by atoms with Gasteiger partial charge in [-0.15, -0.1) is 0 Å². The van der Waals surface area contributed by atoms with Crippen LogP contribution in [-0.4, -0.2) is 5.91 Å². The molecule has 0 unspecified atom stereocenters. The van der Waals surface area contributed by atoms with Gasteiger partial charge in [0.1, 0.15) is 0 Å². The normalized spacial score (nSPS) is 11.6. The van der Waals surface area contributed by atoms with Crippen LogP contribution in [0.2, 0.25) is 0 Å². The minimum Gasteiger partial charge on any atom is -0.341 e. The molecule has 142 valence electrons. The summed E-state index contributed by atoms with van der Waals surface area (Å²) < 4.78 is 0. The molecule has 0 saturated heterocycles. The van der Waals surface area contributed by atoms with Crippen LogP contribution in [0.3, 0.4) is 0 Å². The summed E-state index contributed by atoms with van der Waals surface area (Å²) >= 11 is 0. The van der Waals surface area contributed by atoms with Crippen molar-refractivity contribution in [3.63, 3.8) is 0 Å². The van der Waals surface area contributed by atoms with Crippen molar-refractivity contribution in [2.45, 2.75) is 32.2 Å². The molecule has 0 spiro atoms. The molecule has 0 aromatic heterocycles. The largest absolute Gasteiger partial charge is 0.341 e. The van der Waals surface area contributed by atoms with E-state index in [1.807, 2.05) is 72.8 Å². The van der Waals surface area contributed by atoms with Crippen LogP contribution in [0, 0.1) is 0 Å². The highest BCUT2D eigenvalue weighted by Gasteiger charge is 2.18. The Hall–Kier alpha value is -3.13. The van der Waals surface area contributed by atoms with E-state index in [9.17, 15) is 4.79 Å². The van der Waals surface area contributed by atoms with Crippen LogP contribution >= 0.6 is 0 Å². The van der Waals surface area contributed by atoms with Crippen LogP contribution in [0.1, 0.15) is 48.1 Å². The Morgan fingerprint density at radius 2 is 1.43 bits per heavy atom. The molecule has 1 N–H and O–H groups in total. The maximum absolute atomic E-state index is 12.9. The third-order valence-corrected chi connectivity index (χ3v) is 4.92. The summed E-state index contributed by atoms with van der Waals surface area (Å²) in [6, 6.07) is 27.8. The number of carbonyl (C=O) groups excluding carboxylic acids is 1. The maximum Gasteiger partial charge on any atom is 0.252 e. The van der Waals surface area contributed by atoms with E-state index in [-0.39, 0.29) is 11.9 Å². The zero-order valence-corrected chi connectivity index (χ0v) is 16.4. The predicted molar refractivity (Wildman–Crippen MR) is 117 cm³/mol. The monoisotopic (exact) mass is 369 g/mol. The van der Waals surface area contributed by atoms with E-state index in [4.69, 9.17) is 0 Å². The molecular formula is C26H27NO. The third-order valence-electron chi connectivity index (χ3n) is 4.92. The average Bonchev–Trinajstić information content (AvgIpc) is 2.77. The molecule has 28 heavy (non-hydrogen) atoms. The maximum atomic E-state index is 12.9. The van der Waals surface area contributed by atoms with Crippen LogP contribution in [-0.2, 0) is 0 Å². The van der Waals surface area contributed by atoms with Gasteiger partial charge in [-0.25, -0.2) is 0 Å². The van der Waals surface area contributed by atoms with Gasteiger partial charge in [-0.2, -0.15) is 0 Å². The molecule has 0 aliphatic carbocycles. The van der Waals surface area contributed by atoms with Gasteiger partial charge in [-0.3, -0.25) is 4.79 Å². The van der Waals surface area contributed by atoms with E-state index in [2.05, 4.69) is 31.0 Å². The van der Waals surface area contributed by atoms with E-state index in [0.29, 0.717) is 5.56 Å². The first-order chi connectivity index (χ1) is 13.7. The van der Waals surface area contributed by atoms with E-state index in [1.54, 1.807) is 0 Å². The highest BCUT2D eigenvalue weighted by molar-refractivity contribution is 5.95. The summed E-state index contributed by atoms with van der Waals surface area (Å²) in [6.07, 6.45) is 3.09. The van der Waals surface area contributed by atoms with E-state index >= 15 is 0 Å². The number of hydrogen-bond acceptors (Lipinski definition) is 1. The van der Waals surface area contributed by atoms with Crippen molar-refractivity contribution in [3.8, 4) is 11.1 Å². The minimum absolute atomic E-state index is 0.0777. The van der Waals surface area contributed by atoms with Crippen LogP contribution in [0.4, 0.5) is 0 Å². The molecule has 2 nitrogen and oxygen atoms in total. The van der Waals surface area contributed by atoms with Gasteiger partial charge in [-0.1, -0.05) is 98.3 Å². The second-order valence-electron chi connectivity index (χ2n) is 7.02. The van der Waals surface area contributed by atoms with E-state index in [1.165, 1.54) is 0 Å². The molecule has 1 atom stereocenters. The van der Waals surface area contributed by atoms with Crippen molar-refractivity contribution in [1.29, 1.82) is 0 Å². The summed E-state index contributed by atoms with van der Waals surface area (Å²) in [5.74, 6) is -0.0777. The molecule has 0 aliphatic rings. The molecule has 3 aromatic carbocycles. The zero-order chi connectivity index (χ0) is 19.8. The lowest BCUT2D eigenvalue weighted by Crippen LogP contribution is -2.29. The van der Waals surface area contributed by atoms with Crippen LogP contribution in [0.15, 0.2) is 97.1 Å². The zero-order valence-electron chi connectivity index (χ0n) is 16.4. The lowest BCUT2D eigenvalue weighted by atomic mass is 9.95. The molecular weight excluding hydrogens is 342 g/mol. The molecule has 2 heteroatoms. The van der Waals surface area contributed by atoms with Crippen LogP contribution in [0.25, 0.3) is 11.1 Å². The van der Waals surface area contributed by atoms with Crippen LogP contribution in [0.5, 0.6) is 0 Å². The Bertz CT molecular complexity index is 898.